The van der Waals surface area contributed by atoms with Crippen molar-refractivity contribution in [3.63, 3.8) is 0 Å². The molecule has 1 atom stereocenters. The van der Waals surface area contributed by atoms with Crippen LogP contribution in [0.1, 0.15) is 29.2 Å². The predicted molar refractivity (Wildman–Crippen MR) is 55.4 cm³/mol. The average Bonchev–Trinajstić information content (AvgIpc) is 2.77. The first kappa shape index (κ1) is 10.1. The van der Waals surface area contributed by atoms with Crippen molar-refractivity contribution in [2.75, 3.05) is 0 Å². The van der Waals surface area contributed by atoms with Gasteiger partial charge in [-0.3, -0.25) is 0 Å². The maximum Gasteiger partial charge on any atom is 0.120 e. The van der Waals surface area contributed by atoms with E-state index in [0.29, 0.717) is 5.56 Å². The summed E-state index contributed by atoms with van der Waals surface area (Å²) in [5.74, 6) is 0. The van der Waals surface area contributed by atoms with Crippen LogP contribution in [0.15, 0.2) is 18.7 Å². The molecule has 0 saturated carbocycles. The molecule has 0 radical (unpaired) electrons. The molecule has 0 aromatic carbocycles. The first-order chi connectivity index (χ1) is 7.33. The van der Waals surface area contributed by atoms with E-state index in [2.05, 4.69) is 19.6 Å². The van der Waals surface area contributed by atoms with Crippen LogP contribution in [-0.4, -0.2) is 24.7 Å². The standard InChI is InChI=1S/C9H10N4OS/c1-2-7-9(15-13-12-7)8(14)6-3-10-5-11-4-6/h3-5,8,14H,2H2,1H3. The van der Waals surface area contributed by atoms with Crippen molar-refractivity contribution < 1.29 is 5.11 Å². The molecule has 2 aromatic heterocycles. The van der Waals surface area contributed by atoms with E-state index in [-0.39, 0.29) is 0 Å². The monoisotopic (exact) mass is 222 g/mol. The highest BCUT2D eigenvalue weighted by Gasteiger charge is 2.17. The number of aliphatic hydroxyl groups excluding tert-OH is 1. The third-order valence-electron chi connectivity index (χ3n) is 2.06. The molecular weight excluding hydrogens is 212 g/mol. The first-order valence-electron chi connectivity index (χ1n) is 4.57. The fourth-order valence-electron chi connectivity index (χ4n) is 1.27. The summed E-state index contributed by atoms with van der Waals surface area (Å²) in [5, 5.41) is 14.0. The zero-order valence-electron chi connectivity index (χ0n) is 8.16. The second-order valence-corrected chi connectivity index (χ2v) is 3.80. The summed E-state index contributed by atoms with van der Waals surface area (Å²) in [6.45, 7) is 1.98. The van der Waals surface area contributed by atoms with Crippen LogP contribution in [0.25, 0.3) is 0 Å². The number of rotatable bonds is 3. The molecule has 2 rings (SSSR count). The highest BCUT2D eigenvalue weighted by atomic mass is 32.1. The van der Waals surface area contributed by atoms with Gasteiger partial charge in [0.25, 0.3) is 0 Å². The fraction of sp³-hybridized carbons (Fsp3) is 0.333. The highest BCUT2D eigenvalue weighted by molar-refractivity contribution is 7.05. The third kappa shape index (κ3) is 2.00. The quantitative estimate of drug-likeness (QED) is 0.837. The van der Waals surface area contributed by atoms with E-state index in [1.807, 2.05) is 6.92 Å². The molecule has 0 aliphatic carbocycles. The van der Waals surface area contributed by atoms with Crippen LogP contribution in [0.5, 0.6) is 0 Å². The van der Waals surface area contributed by atoms with Gasteiger partial charge in [0.1, 0.15) is 12.4 Å². The number of hydrogen-bond donors (Lipinski definition) is 1. The smallest absolute Gasteiger partial charge is 0.120 e. The van der Waals surface area contributed by atoms with Crippen molar-refractivity contribution in [2.24, 2.45) is 0 Å². The van der Waals surface area contributed by atoms with Gasteiger partial charge in [-0.25, -0.2) is 9.97 Å². The molecule has 1 unspecified atom stereocenters. The van der Waals surface area contributed by atoms with Crippen molar-refractivity contribution in [3.05, 3.63) is 34.9 Å². The molecule has 2 heterocycles. The minimum atomic E-state index is -0.721. The Morgan fingerprint density at radius 1 is 1.40 bits per heavy atom. The Morgan fingerprint density at radius 3 is 2.80 bits per heavy atom. The van der Waals surface area contributed by atoms with Gasteiger partial charge >= 0.3 is 0 Å². The minimum Gasteiger partial charge on any atom is -0.383 e. The number of aryl methyl sites for hydroxylation is 1. The maximum atomic E-state index is 10.0. The van der Waals surface area contributed by atoms with E-state index >= 15 is 0 Å². The Kier molecular flexibility index (Phi) is 2.98. The summed E-state index contributed by atoms with van der Waals surface area (Å²) in [6, 6.07) is 0. The van der Waals surface area contributed by atoms with Crippen LogP contribution in [0.2, 0.25) is 0 Å². The van der Waals surface area contributed by atoms with Crippen molar-refractivity contribution in [3.8, 4) is 0 Å². The van der Waals surface area contributed by atoms with Crippen LogP contribution < -0.4 is 0 Å². The van der Waals surface area contributed by atoms with Crippen molar-refractivity contribution >= 4 is 11.5 Å². The number of aliphatic hydroxyl groups is 1. The zero-order chi connectivity index (χ0) is 10.7. The Balaban J connectivity index is 2.32. The molecule has 2 aromatic rings. The average molecular weight is 222 g/mol. The molecule has 0 spiro atoms. The molecule has 5 nitrogen and oxygen atoms in total. The van der Waals surface area contributed by atoms with Gasteiger partial charge in [0.2, 0.25) is 0 Å². The Bertz CT molecular complexity index is 431. The molecule has 1 N–H and O–H groups in total. The summed E-state index contributed by atoms with van der Waals surface area (Å²) in [6.07, 6.45) is 4.66. The summed E-state index contributed by atoms with van der Waals surface area (Å²) in [7, 11) is 0. The molecule has 0 aliphatic heterocycles. The molecule has 0 aliphatic rings. The Morgan fingerprint density at radius 2 is 2.13 bits per heavy atom. The lowest BCUT2D eigenvalue weighted by Crippen LogP contribution is -2.01. The summed E-state index contributed by atoms with van der Waals surface area (Å²) in [4.78, 5) is 8.50. The fourth-order valence-corrected chi connectivity index (χ4v) is 2.03. The van der Waals surface area contributed by atoms with Crippen LogP contribution >= 0.6 is 11.5 Å². The summed E-state index contributed by atoms with van der Waals surface area (Å²) >= 11 is 1.21. The van der Waals surface area contributed by atoms with E-state index in [1.54, 1.807) is 12.4 Å². The van der Waals surface area contributed by atoms with Gasteiger partial charge in [0.05, 0.1) is 10.6 Å². The Hall–Kier alpha value is -1.40. The summed E-state index contributed by atoms with van der Waals surface area (Å²) in [5.41, 5.74) is 1.50. The third-order valence-corrected chi connectivity index (χ3v) is 2.88. The Labute approximate surface area is 91.0 Å². The normalized spacial score (nSPS) is 12.7. The predicted octanol–water partition coefficient (Wildman–Crippen LogP) is 0.972. The van der Waals surface area contributed by atoms with Gasteiger partial charge in [0, 0.05) is 18.0 Å². The lowest BCUT2D eigenvalue weighted by Gasteiger charge is -2.07. The molecule has 0 fully saturated rings. The van der Waals surface area contributed by atoms with E-state index in [9.17, 15) is 5.11 Å². The minimum absolute atomic E-state index is 0.665. The van der Waals surface area contributed by atoms with Gasteiger partial charge in [-0.15, -0.1) is 5.10 Å². The van der Waals surface area contributed by atoms with Gasteiger partial charge in [-0.1, -0.05) is 11.4 Å². The second-order valence-electron chi connectivity index (χ2n) is 3.01. The van der Waals surface area contributed by atoms with Crippen LogP contribution in [0.4, 0.5) is 0 Å². The van der Waals surface area contributed by atoms with Gasteiger partial charge in [-0.2, -0.15) is 0 Å². The molecule has 78 valence electrons. The van der Waals surface area contributed by atoms with Gasteiger partial charge < -0.3 is 5.11 Å². The first-order valence-corrected chi connectivity index (χ1v) is 5.34. The van der Waals surface area contributed by atoms with E-state index < -0.39 is 6.10 Å². The van der Waals surface area contributed by atoms with Gasteiger partial charge in [-0.05, 0) is 18.0 Å². The topological polar surface area (TPSA) is 71.8 Å². The van der Waals surface area contributed by atoms with Crippen molar-refractivity contribution in [2.45, 2.75) is 19.4 Å². The second kappa shape index (κ2) is 4.41. The molecule has 0 amide bonds. The lowest BCUT2D eigenvalue weighted by molar-refractivity contribution is 0.222. The molecular formula is C9H10N4OS. The van der Waals surface area contributed by atoms with Crippen molar-refractivity contribution in [1.82, 2.24) is 19.6 Å². The van der Waals surface area contributed by atoms with Gasteiger partial charge in [0.15, 0.2) is 0 Å². The summed E-state index contributed by atoms with van der Waals surface area (Å²) < 4.78 is 3.83. The molecule has 0 saturated heterocycles. The largest absolute Gasteiger partial charge is 0.383 e. The SMILES string of the molecule is CCc1nnsc1C(O)c1cncnc1. The number of aromatic nitrogens is 4. The van der Waals surface area contributed by atoms with E-state index in [1.165, 1.54) is 17.9 Å². The molecule has 6 heteroatoms. The van der Waals surface area contributed by atoms with Crippen LogP contribution in [0.3, 0.4) is 0 Å². The number of nitrogens with zero attached hydrogens (tertiary/aromatic N) is 4. The van der Waals surface area contributed by atoms with Crippen molar-refractivity contribution in [1.29, 1.82) is 0 Å². The zero-order valence-corrected chi connectivity index (χ0v) is 8.98. The molecule has 0 bridgehead atoms. The molecule has 15 heavy (non-hydrogen) atoms. The highest BCUT2D eigenvalue weighted by Crippen LogP contribution is 2.25. The maximum absolute atomic E-state index is 10.0. The van der Waals surface area contributed by atoms with Crippen LogP contribution in [0, 0.1) is 0 Å². The lowest BCUT2D eigenvalue weighted by atomic mass is 10.1. The van der Waals surface area contributed by atoms with E-state index in [4.69, 9.17) is 0 Å². The van der Waals surface area contributed by atoms with Crippen LogP contribution in [-0.2, 0) is 6.42 Å². The number of hydrogen-bond acceptors (Lipinski definition) is 6. The van der Waals surface area contributed by atoms with E-state index in [0.717, 1.165) is 17.0 Å².